The van der Waals surface area contributed by atoms with E-state index in [-0.39, 0.29) is 5.97 Å². The second kappa shape index (κ2) is 4.37. The number of esters is 1. The third kappa shape index (κ3) is 1.98. The zero-order chi connectivity index (χ0) is 12.4. The molecular formula is C15H10O3. The maximum absolute atomic E-state index is 11.7. The minimum absolute atomic E-state index is 0.356. The van der Waals surface area contributed by atoms with Crippen molar-refractivity contribution in [2.24, 2.45) is 0 Å². The summed E-state index contributed by atoms with van der Waals surface area (Å²) in [6, 6.07) is 13.1. The molecule has 0 spiro atoms. The Hall–Kier alpha value is -2.55. The zero-order valence-electron chi connectivity index (χ0n) is 9.50. The van der Waals surface area contributed by atoms with Gasteiger partial charge >= 0.3 is 5.97 Å². The van der Waals surface area contributed by atoms with Crippen molar-refractivity contribution >= 4 is 17.8 Å². The first-order chi connectivity index (χ1) is 8.83. The van der Waals surface area contributed by atoms with Crippen molar-refractivity contribution < 1.29 is 13.9 Å². The first-order valence-corrected chi connectivity index (χ1v) is 5.57. The monoisotopic (exact) mass is 238 g/mol. The smallest absolute Gasteiger partial charge is 0.343 e. The zero-order valence-corrected chi connectivity index (χ0v) is 9.50. The fourth-order valence-corrected chi connectivity index (χ4v) is 1.76. The molecule has 2 aromatic rings. The van der Waals surface area contributed by atoms with Crippen LogP contribution in [-0.2, 0) is 9.53 Å². The third-order valence-corrected chi connectivity index (χ3v) is 2.62. The summed E-state index contributed by atoms with van der Waals surface area (Å²) in [7, 11) is 0. The van der Waals surface area contributed by atoms with Crippen LogP contribution in [0.15, 0.2) is 64.8 Å². The van der Waals surface area contributed by atoms with E-state index in [1.807, 2.05) is 30.3 Å². The fraction of sp³-hybridized carbons (Fsp3) is 0. The standard InChI is InChI=1S/C15H10O3/c16-15-12(9-13-7-4-8-17-13)10-14(18-15)11-5-2-1-3-6-11/h1-10H/b12-9-. The van der Waals surface area contributed by atoms with Crippen LogP contribution in [0.5, 0.6) is 0 Å². The maximum atomic E-state index is 11.7. The molecule has 0 amide bonds. The Morgan fingerprint density at radius 3 is 2.56 bits per heavy atom. The van der Waals surface area contributed by atoms with Gasteiger partial charge in [0.1, 0.15) is 11.5 Å². The van der Waals surface area contributed by atoms with E-state index in [9.17, 15) is 4.79 Å². The highest BCUT2D eigenvalue weighted by molar-refractivity contribution is 6.04. The van der Waals surface area contributed by atoms with E-state index in [1.165, 1.54) is 0 Å². The van der Waals surface area contributed by atoms with Gasteiger partial charge in [0.2, 0.25) is 0 Å². The average Bonchev–Trinajstić information content (AvgIpc) is 3.02. The molecule has 0 bridgehead atoms. The molecule has 0 aliphatic carbocycles. The molecule has 0 unspecified atom stereocenters. The molecule has 2 heterocycles. The van der Waals surface area contributed by atoms with E-state index < -0.39 is 0 Å². The van der Waals surface area contributed by atoms with Crippen LogP contribution in [-0.4, -0.2) is 5.97 Å². The highest BCUT2D eigenvalue weighted by Crippen LogP contribution is 2.27. The lowest BCUT2D eigenvalue weighted by Gasteiger charge is -1.99. The van der Waals surface area contributed by atoms with Crippen molar-refractivity contribution in [3.63, 3.8) is 0 Å². The summed E-state index contributed by atoms with van der Waals surface area (Å²) in [6.45, 7) is 0. The molecule has 3 rings (SSSR count). The van der Waals surface area contributed by atoms with Gasteiger partial charge in [-0.05, 0) is 24.3 Å². The molecule has 0 saturated carbocycles. The lowest BCUT2D eigenvalue weighted by Crippen LogP contribution is -1.96. The van der Waals surface area contributed by atoms with Crippen LogP contribution in [0.4, 0.5) is 0 Å². The number of furan rings is 1. The van der Waals surface area contributed by atoms with Crippen molar-refractivity contribution in [2.75, 3.05) is 0 Å². The van der Waals surface area contributed by atoms with Gasteiger partial charge in [-0.25, -0.2) is 4.79 Å². The number of hydrogen-bond acceptors (Lipinski definition) is 3. The van der Waals surface area contributed by atoms with Crippen LogP contribution >= 0.6 is 0 Å². The summed E-state index contributed by atoms with van der Waals surface area (Å²) in [5.41, 5.74) is 1.37. The molecule has 1 aliphatic rings. The summed E-state index contributed by atoms with van der Waals surface area (Å²) in [5, 5.41) is 0. The first kappa shape index (κ1) is 10.6. The van der Waals surface area contributed by atoms with E-state index >= 15 is 0 Å². The molecule has 0 radical (unpaired) electrons. The summed E-state index contributed by atoms with van der Waals surface area (Å²) < 4.78 is 10.4. The molecule has 18 heavy (non-hydrogen) atoms. The topological polar surface area (TPSA) is 39.4 Å². The summed E-state index contributed by atoms with van der Waals surface area (Å²) in [4.78, 5) is 11.7. The molecule has 0 atom stereocenters. The molecule has 0 saturated heterocycles. The van der Waals surface area contributed by atoms with E-state index in [4.69, 9.17) is 9.15 Å². The second-order valence-electron chi connectivity index (χ2n) is 3.88. The molecule has 1 aromatic carbocycles. The summed E-state index contributed by atoms with van der Waals surface area (Å²) in [6.07, 6.45) is 4.95. The lowest BCUT2D eigenvalue weighted by molar-refractivity contribution is -0.130. The number of rotatable bonds is 2. The SMILES string of the molecule is O=C1OC(c2ccccc2)=C/C1=C/c1ccco1. The molecule has 0 fully saturated rings. The number of carbonyl (C=O) groups is 1. The normalized spacial score (nSPS) is 16.8. The van der Waals surface area contributed by atoms with E-state index in [1.54, 1.807) is 30.5 Å². The molecule has 3 nitrogen and oxygen atoms in total. The van der Waals surface area contributed by atoms with Gasteiger partial charge in [-0.2, -0.15) is 0 Å². The minimum Gasteiger partial charge on any atom is -0.465 e. The van der Waals surface area contributed by atoms with E-state index in [0.29, 0.717) is 17.1 Å². The number of benzene rings is 1. The van der Waals surface area contributed by atoms with Gasteiger partial charge in [0.25, 0.3) is 0 Å². The largest absolute Gasteiger partial charge is 0.465 e. The first-order valence-electron chi connectivity index (χ1n) is 5.57. The van der Waals surface area contributed by atoms with Crippen molar-refractivity contribution in [3.05, 3.63) is 71.7 Å². The Morgan fingerprint density at radius 1 is 1.00 bits per heavy atom. The average molecular weight is 238 g/mol. The number of carbonyl (C=O) groups excluding carboxylic acids is 1. The van der Waals surface area contributed by atoms with Gasteiger partial charge in [-0.1, -0.05) is 30.3 Å². The van der Waals surface area contributed by atoms with Crippen LogP contribution in [0.3, 0.4) is 0 Å². The highest BCUT2D eigenvalue weighted by Gasteiger charge is 2.21. The number of cyclic esters (lactones) is 1. The third-order valence-electron chi connectivity index (χ3n) is 2.62. The van der Waals surface area contributed by atoms with Gasteiger partial charge < -0.3 is 9.15 Å². The van der Waals surface area contributed by atoms with Gasteiger partial charge in [0.05, 0.1) is 11.8 Å². The molecule has 1 aromatic heterocycles. The van der Waals surface area contributed by atoms with Crippen molar-refractivity contribution in [3.8, 4) is 0 Å². The predicted molar refractivity (Wildman–Crippen MR) is 67.2 cm³/mol. The minimum atomic E-state index is -0.356. The Bertz CT molecular complexity index is 619. The predicted octanol–water partition coefficient (Wildman–Crippen LogP) is 3.26. The van der Waals surface area contributed by atoms with Crippen LogP contribution in [0.2, 0.25) is 0 Å². The van der Waals surface area contributed by atoms with Gasteiger partial charge in [0.15, 0.2) is 0 Å². The highest BCUT2D eigenvalue weighted by atomic mass is 16.5. The van der Waals surface area contributed by atoms with Gasteiger partial charge in [-0.15, -0.1) is 0 Å². The van der Waals surface area contributed by atoms with Gasteiger partial charge in [-0.3, -0.25) is 0 Å². The second-order valence-corrected chi connectivity index (χ2v) is 3.88. The van der Waals surface area contributed by atoms with Crippen molar-refractivity contribution in [1.29, 1.82) is 0 Å². The van der Waals surface area contributed by atoms with Crippen LogP contribution in [0.25, 0.3) is 11.8 Å². The lowest BCUT2D eigenvalue weighted by atomic mass is 10.1. The molecule has 1 aliphatic heterocycles. The van der Waals surface area contributed by atoms with E-state index in [2.05, 4.69) is 0 Å². The van der Waals surface area contributed by atoms with Crippen LogP contribution in [0.1, 0.15) is 11.3 Å². The number of ether oxygens (including phenoxy) is 1. The molecule has 0 N–H and O–H groups in total. The fourth-order valence-electron chi connectivity index (χ4n) is 1.76. The van der Waals surface area contributed by atoms with Crippen LogP contribution < -0.4 is 0 Å². The molecule has 3 heteroatoms. The van der Waals surface area contributed by atoms with Crippen molar-refractivity contribution in [1.82, 2.24) is 0 Å². The Labute approximate surface area is 104 Å². The Kier molecular flexibility index (Phi) is 2.57. The molecule has 88 valence electrons. The van der Waals surface area contributed by atoms with E-state index in [0.717, 1.165) is 5.56 Å². The quantitative estimate of drug-likeness (QED) is 0.595. The number of hydrogen-bond donors (Lipinski definition) is 0. The summed E-state index contributed by atoms with van der Waals surface area (Å²) >= 11 is 0. The van der Waals surface area contributed by atoms with Gasteiger partial charge in [0, 0.05) is 5.56 Å². The molecular weight excluding hydrogens is 228 g/mol. The Morgan fingerprint density at radius 2 is 1.83 bits per heavy atom. The van der Waals surface area contributed by atoms with Crippen molar-refractivity contribution in [2.45, 2.75) is 0 Å². The maximum Gasteiger partial charge on any atom is 0.343 e. The Balaban J connectivity index is 1.95. The summed E-state index contributed by atoms with van der Waals surface area (Å²) in [5.74, 6) is 0.844. The van der Waals surface area contributed by atoms with Crippen LogP contribution in [0, 0.1) is 0 Å².